The van der Waals surface area contributed by atoms with Crippen LogP contribution in [0.1, 0.15) is 71.1 Å². The van der Waals surface area contributed by atoms with Crippen molar-refractivity contribution in [2.75, 3.05) is 13.2 Å². The number of ether oxygens (including phenoxy) is 1. The summed E-state index contributed by atoms with van der Waals surface area (Å²) >= 11 is 0. The predicted molar refractivity (Wildman–Crippen MR) is 79.7 cm³/mol. The first-order valence-electron chi connectivity index (χ1n) is 8.47. The van der Waals surface area contributed by atoms with Crippen molar-refractivity contribution in [1.82, 2.24) is 0 Å². The van der Waals surface area contributed by atoms with Crippen molar-refractivity contribution in [2.45, 2.75) is 71.1 Å². The molecule has 0 aromatic rings. The molecule has 1 saturated heterocycles. The van der Waals surface area contributed by atoms with E-state index in [1.807, 2.05) is 0 Å². The topological polar surface area (TPSA) is 46.5 Å². The highest BCUT2D eigenvalue weighted by Crippen LogP contribution is 2.46. The molecule has 0 atom stereocenters. The van der Waals surface area contributed by atoms with Gasteiger partial charge in [0.25, 0.3) is 0 Å². The molecule has 0 aromatic heterocycles. The van der Waals surface area contributed by atoms with Crippen molar-refractivity contribution in [3.63, 3.8) is 0 Å². The maximum absolute atomic E-state index is 11.8. The number of carboxylic acid groups (broad SMARTS) is 1. The summed E-state index contributed by atoms with van der Waals surface area (Å²) in [6.07, 6.45) is 10.9. The Morgan fingerprint density at radius 3 is 2.35 bits per heavy atom. The Morgan fingerprint density at radius 2 is 1.80 bits per heavy atom. The zero-order valence-corrected chi connectivity index (χ0v) is 12.9. The molecule has 0 amide bonds. The van der Waals surface area contributed by atoms with Crippen LogP contribution in [0.4, 0.5) is 0 Å². The average Bonchev–Trinajstić information content (AvgIpc) is 2.47. The highest BCUT2D eigenvalue weighted by atomic mass is 16.5. The summed E-state index contributed by atoms with van der Waals surface area (Å²) < 4.78 is 5.40. The predicted octanol–water partition coefficient (Wildman–Crippen LogP) is 4.25. The van der Waals surface area contributed by atoms with Gasteiger partial charge in [-0.05, 0) is 56.8 Å². The van der Waals surface area contributed by atoms with Gasteiger partial charge in [0.15, 0.2) is 0 Å². The van der Waals surface area contributed by atoms with Gasteiger partial charge < -0.3 is 9.84 Å². The van der Waals surface area contributed by atoms with Crippen molar-refractivity contribution in [2.24, 2.45) is 17.3 Å². The van der Waals surface area contributed by atoms with Crippen LogP contribution in [0.2, 0.25) is 0 Å². The number of rotatable bonds is 6. The fraction of sp³-hybridized carbons (Fsp3) is 0.941. The van der Waals surface area contributed by atoms with E-state index in [-0.39, 0.29) is 0 Å². The first kappa shape index (κ1) is 15.8. The van der Waals surface area contributed by atoms with Crippen LogP contribution in [-0.2, 0) is 9.53 Å². The Hall–Kier alpha value is -0.570. The van der Waals surface area contributed by atoms with E-state index in [1.165, 1.54) is 19.3 Å². The third kappa shape index (κ3) is 3.97. The maximum Gasteiger partial charge on any atom is 0.309 e. The van der Waals surface area contributed by atoms with E-state index in [0.717, 1.165) is 64.1 Å². The van der Waals surface area contributed by atoms with Gasteiger partial charge in [0, 0.05) is 13.2 Å². The number of hydrogen-bond donors (Lipinski definition) is 1. The summed E-state index contributed by atoms with van der Waals surface area (Å²) in [6, 6.07) is 0. The van der Waals surface area contributed by atoms with E-state index in [2.05, 4.69) is 6.92 Å². The molecule has 0 aromatic carbocycles. The Balaban J connectivity index is 1.89. The molecule has 1 N–H and O–H groups in total. The fourth-order valence-electron chi connectivity index (χ4n) is 4.02. The van der Waals surface area contributed by atoms with Crippen LogP contribution in [0.15, 0.2) is 0 Å². The molecule has 1 aliphatic carbocycles. The van der Waals surface area contributed by atoms with Crippen LogP contribution in [0.25, 0.3) is 0 Å². The average molecular weight is 282 g/mol. The Kier molecular flexibility index (Phi) is 5.88. The Morgan fingerprint density at radius 1 is 1.15 bits per heavy atom. The largest absolute Gasteiger partial charge is 0.481 e. The lowest BCUT2D eigenvalue weighted by molar-refractivity contribution is -0.153. The lowest BCUT2D eigenvalue weighted by atomic mass is 9.65. The van der Waals surface area contributed by atoms with Crippen molar-refractivity contribution in [1.29, 1.82) is 0 Å². The lowest BCUT2D eigenvalue weighted by Crippen LogP contribution is -2.38. The van der Waals surface area contributed by atoms with Crippen molar-refractivity contribution < 1.29 is 14.6 Å². The third-order valence-corrected chi connectivity index (χ3v) is 5.50. The minimum absolute atomic E-state index is 0.426. The van der Waals surface area contributed by atoms with Gasteiger partial charge in [0.05, 0.1) is 5.41 Å². The Bertz CT molecular complexity index is 299. The van der Waals surface area contributed by atoms with Gasteiger partial charge >= 0.3 is 5.97 Å². The highest BCUT2D eigenvalue weighted by Gasteiger charge is 2.43. The molecule has 0 unspecified atom stereocenters. The molecule has 3 nitrogen and oxygen atoms in total. The van der Waals surface area contributed by atoms with E-state index < -0.39 is 11.4 Å². The van der Waals surface area contributed by atoms with Gasteiger partial charge in [-0.2, -0.15) is 0 Å². The van der Waals surface area contributed by atoms with Crippen LogP contribution < -0.4 is 0 Å². The smallest absolute Gasteiger partial charge is 0.309 e. The van der Waals surface area contributed by atoms with E-state index in [9.17, 15) is 9.90 Å². The van der Waals surface area contributed by atoms with Gasteiger partial charge in [-0.3, -0.25) is 4.79 Å². The molecular weight excluding hydrogens is 252 g/mol. The molecular formula is C17H30O3. The van der Waals surface area contributed by atoms with E-state index >= 15 is 0 Å². The van der Waals surface area contributed by atoms with Crippen molar-refractivity contribution >= 4 is 5.97 Å². The van der Waals surface area contributed by atoms with Gasteiger partial charge in [0.1, 0.15) is 0 Å². The molecule has 0 spiro atoms. The molecule has 0 radical (unpaired) electrons. The number of carbonyl (C=O) groups is 1. The van der Waals surface area contributed by atoms with E-state index in [0.29, 0.717) is 5.92 Å². The molecule has 20 heavy (non-hydrogen) atoms. The van der Waals surface area contributed by atoms with E-state index in [1.54, 1.807) is 0 Å². The summed E-state index contributed by atoms with van der Waals surface area (Å²) in [6.45, 7) is 3.87. The van der Waals surface area contributed by atoms with Crippen LogP contribution in [0.3, 0.4) is 0 Å². The minimum Gasteiger partial charge on any atom is -0.481 e. The van der Waals surface area contributed by atoms with Crippen LogP contribution in [0, 0.1) is 17.3 Å². The van der Waals surface area contributed by atoms with Crippen molar-refractivity contribution in [3.05, 3.63) is 0 Å². The standard InChI is InChI=1S/C17H30O3/c1-2-3-4-14-5-9-17(10-6-14,16(18)19)13-15-7-11-20-12-8-15/h14-15H,2-13H2,1H3,(H,18,19). The SMILES string of the molecule is CCCCC1CCC(CC2CCOCC2)(C(=O)O)CC1. The molecule has 1 saturated carbocycles. The van der Waals surface area contributed by atoms with Gasteiger partial charge in [-0.25, -0.2) is 0 Å². The summed E-state index contributed by atoms with van der Waals surface area (Å²) in [4.78, 5) is 11.8. The number of hydrogen-bond acceptors (Lipinski definition) is 2. The second-order valence-corrected chi connectivity index (χ2v) is 6.93. The molecule has 1 heterocycles. The number of aliphatic carboxylic acids is 1. The summed E-state index contributed by atoms with van der Waals surface area (Å²) in [5.74, 6) is 0.794. The maximum atomic E-state index is 11.8. The van der Waals surface area contributed by atoms with Gasteiger partial charge in [-0.1, -0.05) is 26.2 Å². The summed E-state index contributed by atoms with van der Waals surface area (Å²) in [5, 5.41) is 9.75. The summed E-state index contributed by atoms with van der Waals surface area (Å²) in [5.41, 5.74) is -0.426. The second-order valence-electron chi connectivity index (χ2n) is 6.93. The van der Waals surface area contributed by atoms with Crippen molar-refractivity contribution in [3.8, 4) is 0 Å². The molecule has 116 valence electrons. The molecule has 3 heteroatoms. The quantitative estimate of drug-likeness (QED) is 0.792. The van der Waals surface area contributed by atoms with E-state index in [4.69, 9.17) is 4.74 Å². The van der Waals surface area contributed by atoms with Gasteiger partial charge in [-0.15, -0.1) is 0 Å². The Labute approximate surface area is 123 Å². The van der Waals surface area contributed by atoms with Gasteiger partial charge in [0.2, 0.25) is 0 Å². The van der Waals surface area contributed by atoms with Crippen LogP contribution in [-0.4, -0.2) is 24.3 Å². The second kappa shape index (κ2) is 7.44. The first-order valence-corrected chi connectivity index (χ1v) is 8.47. The fourth-order valence-corrected chi connectivity index (χ4v) is 4.02. The third-order valence-electron chi connectivity index (χ3n) is 5.50. The molecule has 1 aliphatic heterocycles. The normalized spacial score (nSPS) is 32.1. The summed E-state index contributed by atoms with van der Waals surface area (Å²) in [7, 11) is 0. The zero-order valence-electron chi connectivity index (χ0n) is 12.9. The monoisotopic (exact) mass is 282 g/mol. The zero-order chi connectivity index (χ0) is 14.4. The molecule has 2 fully saturated rings. The van der Waals surface area contributed by atoms with Crippen LogP contribution in [0.5, 0.6) is 0 Å². The molecule has 2 rings (SSSR count). The highest BCUT2D eigenvalue weighted by molar-refractivity contribution is 5.74. The number of carboxylic acids is 1. The van der Waals surface area contributed by atoms with Crippen LogP contribution >= 0.6 is 0 Å². The first-order chi connectivity index (χ1) is 9.66. The lowest BCUT2D eigenvalue weighted by Gasteiger charge is -2.40. The minimum atomic E-state index is -0.544. The number of unbranched alkanes of at least 4 members (excludes halogenated alkanes) is 1. The molecule has 2 aliphatic rings. The molecule has 0 bridgehead atoms.